The van der Waals surface area contributed by atoms with Crippen LogP contribution in [0.2, 0.25) is 0 Å². The number of nitrogens with zero attached hydrogens (tertiary/aromatic N) is 3. The number of anilines is 1. The van der Waals surface area contributed by atoms with E-state index in [9.17, 15) is 0 Å². The van der Waals surface area contributed by atoms with Gasteiger partial charge in [-0.1, -0.05) is 0 Å². The summed E-state index contributed by atoms with van der Waals surface area (Å²) in [5.74, 6) is 0.689. The second-order valence-electron chi connectivity index (χ2n) is 5.21. The van der Waals surface area contributed by atoms with Gasteiger partial charge in [0.25, 0.3) is 0 Å². The Morgan fingerprint density at radius 2 is 2.00 bits per heavy atom. The molecule has 0 saturated carbocycles. The maximum Gasteiger partial charge on any atom is 0.132 e. The first kappa shape index (κ1) is 11.6. The molecule has 0 aromatic carbocycles. The van der Waals surface area contributed by atoms with Crippen molar-refractivity contribution in [3.8, 4) is 11.3 Å². The third kappa shape index (κ3) is 2.02. The average Bonchev–Trinajstić information content (AvgIpc) is 2.60. The first-order chi connectivity index (χ1) is 7.91. The van der Waals surface area contributed by atoms with Gasteiger partial charge in [-0.3, -0.25) is 4.98 Å². The van der Waals surface area contributed by atoms with E-state index in [0.29, 0.717) is 5.82 Å². The number of aromatic nitrogens is 3. The molecule has 4 heteroatoms. The number of nitrogen functional groups attached to an aromatic ring is 1. The highest BCUT2D eigenvalue weighted by Crippen LogP contribution is 2.29. The number of nitrogens with two attached hydrogens (primary N) is 1. The van der Waals surface area contributed by atoms with Crippen molar-refractivity contribution >= 4 is 5.82 Å². The van der Waals surface area contributed by atoms with Crippen molar-refractivity contribution < 1.29 is 0 Å². The number of hydrogen-bond acceptors (Lipinski definition) is 3. The lowest BCUT2D eigenvalue weighted by Crippen LogP contribution is -2.22. The van der Waals surface area contributed by atoms with E-state index in [1.807, 2.05) is 17.6 Å². The van der Waals surface area contributed by atoms with Crippen molar-refractivity contribution in [2.45, 2.75) is 33.2 Å². The predicted molar refractivity (Wildman–Crippen MR) is 69.6 cm³/mol. The Bertz CT molecular complexity index is 535. The monoisotopic (exact) mass is 230 g/mol. The van der Waals surface area contributed by atoms with Gasteiger partial charge in [0.2, 0.25) is 0 Å². The van der Waals surface area contributed by atoms with Gasteiger partial charge in [0, 0.05) is 23.5 Å². The molecule has 2 N–H and O–H groups in total. The largest absolute Gasteiger partial charge is 0.383 e. The summed E-state index contributed by atoms with van der Waals surface area (Å²) in [5, 5.41) is 0. The van der Waals surface area contributed by atoms with Crippen molar-refractivity contribution in [1.29, 1.82) is 0 Å². The van der Waals surface area contributed by atoms with Gasteiger partial charge < -0.3 is 10.3 Å². The lowest BCUT2D eigenvalue weighted by Gasteiger charge is -2.22. The zero-order chi connectivity index (χ0) is 12.6. The molecule has 2 rings (SSSR count). The minimum absolute atomic E-state index is 0.0640. The number of hydrogen-bond donors (Lipinski definition) is 1. The van der Waals surface area contributed by atoms with Crippen LogP contribution in [0, 0.1) is 6.92 Å². The maximum atomic E-state index is 6.16. The fourth-order valence-corrected chi connectivity index (χ4v) is 1.81. The van der Waals surface area contributed by atoms with Crippen LogP contribution in [0.4, 0.5) is 5.82 Å². The fraction of sp³-hybridized carbons (Fsp3) is 0.385. The molecule has 2 aromatic rings. The van der Waals surface area contributed by atoms with Gasteiger partial charge in [0.1, 0.15) is 11.5 Å². The van der Waals surface area contributed by atoms with Gasteiger partial charge in [0.15, 0.2) is 0 Å². The lowest BCUT2D eigenvalue weighted by atomic mass is 10.1. The molecular formula is C13H18N4. The molecule has 90 valence electrons. The Labute approximate surface area is 102 Å². The summed E-state index contributed by atoms with van der Waals surface area (Å²) in [4.78, 5) is 8.54. The summed E-state index contributed by atoms with van der Waals surface area (Å²) in [6, 6.07) is 1.96. The molecular weight excluding hydrogens is 212 g/mol. The molecule has 17 heavy (non-hydrogen) atoms. The lowest BCUT2D eigenvalue weighted by molar-refractivity contribution is 0.402. The number of pyridine rings is 1. The van der Waals surface area contributed by atoms with Crippen LogP contribution in [0.1, 0.15) is 26.3 Å². The second kappa shape index (κ2) is 3.87. The van der Waals surface area contributed by atoms with E-state index < -0.39 is 0 Å². The molecule has 0 atom stereocenters. The van der Waals surface area contributed by atoms with Crippen LogP contribution in [0.5, 0.6) is 0 Å². The van der Waals surface area contributed by atoms with Gasteiger partial charge in [-0.05, 0) is 39.3 Å². The maximum absolute atomic E-state index is 6.16. The van der Waals surface area contributed by atoms with Crippen LogP contribution in [-0.2, 0) is 5.54 Å². The van der Waals surface area contributed by atoms with Crippen molar-refractivity contribution in [1.82, 2.24) is 14.5 Å². The normalized spacial score (nSPS) is 11.8. The van der Waals surface area contributed by atoms with Crippen molar-refractivity contribution in [2.75, 3.05) is 5.73 Å². The highest BCUT2D eigenvalue weighted by Gasteiger charge is 2.19. The van der Waals surface area contributed by atoms with Crippen molar-refractivity contribution in [2.24, 2.45) is 0 Å². The standard InChI is InChI=1S/C13H18N4/c1-9-5-6-15-7-10(9)11-12(14)17(8-16-11)13(2,3)4/h5-8H,14H2,1-4H3. The van der Waals surface area contributed by atoms with Gasteiger partial charge in [-0.15, -0.1) is 0 Å². The van der Waals surface area contributed by atoms with Gasteiger partial charge >= 0.3 is 0 Å². The van der Waals surface area contributed by atoms with Crippen molar-refractivity contribution in [3.63, 3.8) is 0 Å². The van der Waals surface area contributed by atoms with E-state index in [1.165, 1.54) is 0 Å². The van der Waals surface area contributed by atoms with Crippen LogP contribution < -0.4 is 5.73 Å². The molecule has 0 radical (unpaired) electrons. The Balaban J connectivity index is 2.56. The first-order valence-electron chi connectivity index (χ1n) is 5.65. The van der Waals surface area contributed by atoms with Crippen LogP contribution >= 0.6 is 0 Å². The van der Waals surface area contributed by atoms with E-state index in [0.717, 1.165) is 16.8 Å². The summed E-state index contributed by atoms with van der Waals surface area (Å²) >= 11 is 0. The van der Waals surface area contributed by atoms with E-state index in [4.69, 9.17) is 5.73 Å². The van der Waals surface area contributed by atoms with Crippen molar-refractivity contribution in [3.05, 3.63) is 30.4 Å². The minimum atomic E-state index is -0.0640. The molecule has 2 heterocycles. The second-order valence-corrected chi connectivity index (χ2v) is 5.21. The number of imidazole rings is 1. The first-order valence-corrected chi connectivity index (χ1v) is 5.65. The zero-order valence-electron chi connectivity index (χ0n) is 10.7. The van der Waals surface area contributed by atoms with Crippen LogP contribution in [0.25, 0.3) is 11.3 Å². The topological polar surface area (TPSA) is 56.7 Å². The molecule has 0 bridgehead atoms. The molecule has 4 nitrogen and oxygen atoms in total. The Hall–Kier alpha value is -1.84. The molecule has 0 spiro atoms. The number of aryl methyl sites for hydroxylation is 1. The van der Waals surface area contributed by atoms with Crippen LogP contribution in [0.3, 0.4) is 0 Å². The predicted octanol–water partition coefficient (Wildman–Crippen LogP) is 2.59. The Kier molecular flexibility index (Phi) is 2.65. The highest BCUT2D eigenvalue weighted by atomic mass is 15.2. The zero-order valence-corrected chi connectivity index (χ0v) is 10.7. The SMILES string of the molecule is Cc1ccncc1-c1ncn(C(C)(C)C)c1N. The Morgan fingerprint density at radius 3 is 2.53 bits per heavy atom. The molecule has 0 amide bonds. The molecule has 2 aromatic heterocycles. The van der Waals surface area contributed by atoms with E-state index in [1.54, 1.807) is 18.7 Å². The molecule has 0 aliphatic carbocycles. The summed E-state index contributed by atoms with van der Waals surface area (Å²) in [6.07, 6.45) is 5.37. The van der Waals surface area contributed by atoms with Gasteiger partial charge in [-0.25, -0.2) is 4.98 Å². The summed E-state index contributed by atoms with van der Waals surface area (Å²) < 4.78 is 1.98. The molecule has 0 aliphatic heterocycles. The van der Waals surface area contributed by atoms with E-state index in [-0.39, 0.29) is 5.54 Å². The summed E-state index contributed by atoms with van der Waals surface area (Å²) in [6.45, 7) is 8.34. The van der Waals surface area contributed by atoms with Gasteiger partial charge in [0.05, 0.1) is 6.33 Å². The average molecular weight is 230 g/mol. The third-order valence-corrected chi connectivity index (χ3v) is 2.82. The summed E-state index contributed by atoms with van der Waals surface area (Å²) in [7, 11) is 0. The quantitative estimate of drug-likeness (QED) is 0.819. The fourth-order valence-electron chi connectivity index (χ4n) is 1.81. The molecule has 0 aliphatic rings. The van der Waals surface area contributed by atoms with E-state index >= 15 is 0 Å². The van der Waals surface area contributed by atoms with Crippen LogP contribution in [-0.4, -0.2) is 14.5 Å². The third-order valence-electron chi connectivity index (χ3n) is 2.82. The van der Waals surface area contributed by atoms with Crippen LogP contribution in [0.15, 0.2) is 24.8 Å². The van der Waals surface area contributed by atoms with E-state index in [2.05, 4.69) is 30.7 Å². The molecule has 0 saturated heterocycles. The molecule has 0 unspecified atom stereocenters. The minimum Gasteiger partial charge on any atom is -0.383 e. The Morgan fingerprint density at radius 1 is 1.29 bits per heavy atom. The smallest absolute Gasteiger partial charge is 0.132 e. The van der Waals surface area contributed by atoms with Gasteiger partial charge in [-0.2, -0.15) is 0 Å². The molecule has 0 fully saturated rings. The highest BCUT2D eigenvalue weighted by molar-refractivity contribution is 5.72. The number of rotatable bonds is 1. The summed E-state index contributed by atoms with van der Waals surface area (Å²) in [5.41, 5.74) is 9.03.